The number of rotatable bonds is 6. The van der Waals surface area contributed by atoms with E-state index in [9.17, 15) is 17.1 Å². The van der Waals surface area contributed by atoms with E-state index in [0.29, 0.717) is 16.7 Å². The minimum Gasteiger partial charge on any atom is -0.449 e. The van der Waals surface area contributed by atoms with E-state index < -0.39 is 24.7 Å². The standard InChI is InChI=1S/C29H30FNO5SSi/c1-19-21(16-28(36-37(30,33)34)20(2)22(19)14-15-38(3,4)5)17-31-29(32)35-18-27-25-12-8-6-10-23(25)24-11-7-9-13-26(24)27/h6-13,16,27H,17-18H2,1-5H3,(H,31,32). The molecule has 0 radical (unpaired) electrons. The fraction of sp³-hybridized carbons (Fsp3) is 0.276. The van der Waals surface area contributed by atoms with Crippen molar-refractivity contribution in [2.24, 2.45) is 0 Å². The summed E-state index contributed by atoms with van der Waals surface area (Å²) in [6, 6.07) is 17.5. The smallest absolute Gasteiger partial charge is 0.449 e. The third-order valence-electron chi connectivity index (χ3n) is 6.43. The largest absolute Gasteiger partial charge is 0.488 e. The maximum atomic E-state index is 13.4. The van der Waals surface area contributed by atoms with Crippen LogP contribution in [0.5, 0.6) is 5.75 Å². The van der Waals surface area contributed by atoms with Crippen molar-refractivity contribution in [3.63, 3.8) is 0 Å². The van der Waals surface area contributed by atoms with E-state index in [1.165, 1.54) is 6.07 Å². The third-order valence-corrected chi connectivity index (χ3v) is 7.68. The predicted molar refractivity (Wildman–Crippen MR) is 149 cm³/mol. The van der Waals surface area contributed by atoms with Gasteiger partial charge in [0, 0.05) is 23.6 Å². The van der Waals surface area contributed by atoms with E-state index in [1.807, 2.05) is 43.3 Å². The first-order valence-electron chi connectivity index (χ1n) is 12.2. The summed E-state index contributed by atoms with van der Waals surface area (Å²) in [5.74, 6) is 2.89. The molecule has 0 aliphatic heterocycles. The normalized spacial score (nSPS) is 12.7. The fourth-order valence-corrected chi connectivity index (χ4v) is 5.46. The lowest BCUT2D eigenvalue weighted by atomic mass is 9.97. The maximum Gasteiger partial charge on any atom is 0.488 e. The average Bonchev–Trinajstić information content (AvgIpc) is 3.16. The number of nitrogens with one attached hydrogen (secondary N) is 1. The first-order chi connectivity index (χ1) is 17.8. The number of halogens is 1. The first-order valence-corrected chi connectivity index (χ1v) is 17.0. The van der Waals surface area contributed by atoms with Crippen LogP contribution >= 0.6 is 0 Å². The average molecular weight is 552 g/mol. The van der Waals surface area contributed by atoms with Gasteiger partial charge in [0.05, 0.1) is 0 Å². The minimum atomic E-state index is -5.24. The van der Waals surface area contributed by atoms with Crippen molar-refractivity contribution >= 4 is 24.7 Å². The maximum absolute atomic E-state index is 13.4. The van der Waals surface area contributed by atoms with Gasteiger partial charge in [-0.15, -0.1) is 5.54 Å². The zero-order valence-electron chi connectivity index (χ0n) is 22.0. The molecule has 3 aromatic rings. The number of benzene rings is 3. The Labute approximate surface area is 224 Å². The van der Waals surface area contributed by atoms with E-state index in [0.717, 1.165) is 27.8 Å². The quantitative estimate of drug-likeness (QED) is 0.225. The fourth-order valence-electron chi connectivity index (χ4n) is 4.57. The van der Waals surface area contributed by atoms with Crippen LogP contribution in [0.3, 0.4) is 0 Å². The van der Waals surface area contributed by atoms with Crippen molar-refractivity contribution in [1.29, 1.82) is 0 Å². The summed E-state index contributed by atoms with van der Waals surface area (Å²) in [4.78, 5) is 12.7. The van der Waals surface area contributed by atoms with E-state index >= 15 is 0 Å². The number of hydrogen-bond donors (Lipinski definition) is 1. The SMILES string of the molecule is Cc1c(CNC(=O)OCC2c3ccccc3-c3ccccc32)cc(OS(=O)(=O)F)c(C)c1C#C[Si](C)(C)C. The zero-order chi connectivity index (χ0) is 27.7. The van der Waals surface area contributed by atoms with Crippen molar-refractivity contribution in [1.82, 2.24) is 5.32 Å². The van der Waals surface area contributed by atoms with Gasteiger partial charge in [0.15, 0.2) is 0 Å². The third kappa shape index (κ3) is 6.26. The Morgan fingerprint density at radius 3 is 2.13 bits per heavy atom. The van der Waals surface area contributed by atoms with E-state index in [4.69, 9.17) is 4.74 Å². The van der Waals surface area contributed by atoms with Crippen LogP contribution in [0.4, 0.5) is 8.68 Å². The summed E-state index contributed by atoms with van der Waals surface area (Å²) >= 11 is 0. The van der Waals surface area contributed by atoms with Crippen molar-refractivity contribution in [3.05, 3.63) is 88.0 Å². The van der Waals surface area contributed by atoms with Gasteiger partial charge in [-0.1, -0.05) is 78.0 Å². The monoisotopic (exact) mass is 551 g/mol. The molecule has 1 amide bonds. The topological polar surface area (TPSA) is 81.7 Å². The van der Waals surface area contributed by atoms with Crippen LogP contribution in [0.15, 0.2) is 54.6 Å². The van der Waals surface area contributed by atoms with Crippen molar-refractivity contribution < 1.29 is 26.0 Å². The second-order valence-corrected chi connectivity index (χ2v) is 16.0. The Morgan fingerprint density at radius 1 is 1.00 bits per heavy atom. The first kappa shape index (κ1) is 27.4. The number of carbonyl (C=O) groups is 1. The Balaban J connectivity index is 1.52. The molecule has 0 saturated heterocycles. The number of carbonyl (C=O) groups excluding carboxylic acids is 1. The summed E-state index contributed by atoms with van der Waals surface area (Å²) in [6.45, 7) is 9.87. The molecule has 4 rings (SSSR count). The Bertz CT molecular complexity index is 1520. The van der Waals surface area contributed by atoms with Crippen LogP contribution < -0.4 is 9.50 Å². The molecule has 0 atom stereocenters. The molecule has 0 saturated carbocycles. The number of amides is 1. The molecule has 38 heavy (non-hydrogen) atoms. The van der Waals surface area contributed by atoms with Crippen LogP contribution in [-0.4, -0.2) is 29.2 Å². The molecule has 3 aromatic carbocycles. The van der Waals surface area contributed by atoms with Gasteiger partial charge in [-0.25, -0.2) is 4.79 Å². The second-order valence-electron chi connectivity index (χ2n) is 10.3. The van der Waals surface area contributed by atoms with Crippen LogP contribution in [-0.2, 0) is 21.8 Å². The number of fused-ring (bicyclic) bond motifs is 3. The molecule has 1 N–H and O–H groups in total. The lowest BCUT2D eigenvalue weighted by Gasteiger charge is -2.17. The van der Waals surface area contributed by atoms with Gasteiger partial charge in [-0.05, 0) is 53.3 Å². The van der Waals surface area contributed by atoms with Crippen molar-refractivity contribution in [2.75, 3.05) is 6.61 Å². The Morgan fingerprint density at radius 2 is 1.58 bits per heavy atom. The highest BCUT2D eigenvalue weighted by Gasteiger charge is 2.29. The summed E-state index contributed by atoms with van der Waals surface area (Å²) in [5.41, 5.74) is 9.99. The highest BCUT2D eigenvalue weighted by Crippen LogP contribution is 2.44. The molecule has 1 aliphatic carbocycles. The van der Waals surface area contributed by atoms with Crippen LogP contribution in [0.25, 0.3) is 11.1 Å². The minimum absolute atomic E-state index is 0.0209. The molecule has 0 bridgehead atoms. The Kier molecular flexibility index (Phi) is 7.67. The number of alkyl carbamates (subject to hydrolysis) is 1. The molecule has 9 heteroatoms. The van der Waals surface area contributed by atoms with Gasteiger partial charge >= 0.3 is 16.6 Å². The van der Waals surface area contributed by atoms with E-state index in [-0.39, 0.29) is 24.8 Å². The second kappa shape index (κ2) is 10.6. The predicted octanol–water partition coefficient (Wildman–Crippen LogP) is 6.16. The van der Waals surface area contributed by atoms with Crippen molar-refractivity contribution in [2.45, 2.75) is 46.0 Å². The molecular formula is C29H30FNO5SSi. The molecule has 6 nitrogen and oxygen atoms in total. The van der Waals surface area contributed by atoms with Gasteiger partial charge in [0.25, 0.3) is 0 Å². The van der Waals surface area contributed by atoms with E-state index in [2.05, 4.69) is 52.7 Å². The lowest BCUT2D eigenvalue weighted by molar-refractivity contribution is 0.142. The van der Waals surface area contributed by atoms with Gasteiger partial charge in [-0.2, -0.15) is 8.42 Å². The molecule has 1 aliphatic rings. The summed E-state index contributed by atoms with van der Waals surface area (Å²) in [7, 11) is -7.00. The zero-order valence-corrected chi connectivity index (χ0v) is 23.8. The molecule has 0 heterocycles. The molecular weight excluding hydrogens is 521 g/mol. The van der Waals surface area contributed by atoms with E-state index in [1.54, 1.807) is 6.92 Å². The van der Waals surface area contributed by atoms with Gasteiger partial charge in [0.1, 0.15) is 20.4 Å². The van der Waals surface area contributed by atoms with Gasteiger partial charge in [-0.3, -0.25) is 0 Å². The molecule has 0 fully saturated rings. The van der Waals surface area contributed by atoms with Crippen LogP contribution in [0, 0.1) is 25.3 Å². The molecule has 0 aromatic heterocycles. The molecule has 0 spiro atoms. The van der Waals surface area contributed by atoms with Gasteiger partial charge in [0.2, 0.25) is 0 Å². The van der Waals surface area contributed by atoms with Crippen molar-refractivity contribution in [3.8, 4) is 28.3 Å². The Hall–Kier alpha value is -3.61. The highest BCUT2D eigenvalue weighted by atomic mass is 32.3. The summed E-state index contributed by atoms with van der Waals surface area (Å²) < 4.78 is 46.0. The van der Waals surface area contributed by atoms with Crippen LogP contribution in [0.2, 0.25) is 19.6 Å². The molecule has 198 valence electrons. The summed E-state index contributed by atoms with van der Waals surface area (Å²) in [5, 5.41) is 2.72. The molecule has 0 unspecified atom stereocenters. The number of ether oxygens (including phenoxy) is 1. The van der Waals surface area contributed by atoms with Crippen LogP contribution in [0.1, 0.15) is 39.3 Å². The lowest BCUT2D eigenvalue weighted by Crippen LogP contribution is -2.26. The number of hydrogen-bond acceptors (Lipinski definition) is 5. The highest BCUT2D eigenvalue weighted by molar-refractivity contribution is 7.81. The summed E-state index contributed by atoms with van der Waals surface area (Å²) in [6.07, 6.45) is -0.623. The van der Waals surface area contributed by atoms with Gasteiger partial charge < -0.3 is 14.2 Å².